The van der Waals surface area contributed by atoms with Crippen LogP contribution in [0.5, 0.6) is 5.75 Å². The molecule has 0 atom stereocenters. The maximum atomic E-state index is 12.8. The summed E-state index contributed by atoms with van der Waals surface area (Å²) in [5.74, 6) is -0.890. The minimum Gasteiger partial charge on any atom is -0.434 e. The summed E-state index contributed by atoms with van der Waals surface area (Å²) in [7, 11) is -3.74. The van der Waals surface area contributed by atoms with E-state index in [0.29, 0.717) is 5.56 Å². The van der Waals surface area contributed by atoms with Gasteiger partial charge in [-0.2, -0.15) is 8.78 Å². The first-order chi connectivity index (χ1) is 16.1. The van der Waals surface area contributed by atoms with Crippen molar-refractivity contribution < 1.29 is 31.5 Å². The van der Waals surface area contributed by atoms with Crippen molar-refractivity contribution in [3.8, 4) is 5.75 Å². The highest BCUT2D eigenvalue weighted by Crippen LogP contribution is 2.22. The highest BCUT2D eigenvalue weighted by molar-refractivity contribution is 7.89. The summed E-state index contributed by atoms with van der Waals surface area (Å²) in [6, 6.07) is 10.8. The lowest BCUT2D eigenvalue weighted by molar-refractivity contribution is -0.132. The van der Waals surface area contributed by atoms with Crippen molar-refractivity contribution in [2.45, 2.75) is 31.8 Å². The molecule has 1 aliphatic heterocycles. The second kappa shape index (κ2) is 10.9. The Labute approximate surface area is 197 Å². The van der Waals surface area contributed by atoms with Crippen molar-refractivity contribution in [3.05, 3.63) is 59.2 Å². The van der Waals surface area contributed by atoms with Crippen molar-refractivity contribution >= 4 is 21.8 Å². The molecule has 1 aliphatic rings. The summed E-state index contributed by atoms with van der Waals surface area (Å²) in [5, 5.41) is 0. The Hall–Kier alpha value is -3.05. The van der Waals surface area contributed by atoms with Crippen LogP contribution in [0, 0.1) is 13.8 Å². The monoisotopic (exact) mass is 495 g/mol. The molecule has 2 amide bonds. The van der Waals surface area contributed by atoms with Crippen LogP contribution in [0.15, 0.2) is 47.4 Å². The second-order valence-corrected chi connectivity index (χ2v) is 9.70. The third kappa shape index (κ3) is 6.29. The molecule has 1 saturated heterocycles. The lowest BCUT2D eigenvalue weighted by Gasteiger charge is -2.35. The van der Waals surface area contributed by atoms with Gasteiger partial charge in [0.2, 0.25) is 15.9 Å². The maximum Gasteiger partial charge on any atom is 0.387 e. The quantitative estimate of drug-likeness (QED) is 0.607. The number of sulfonamides is 1. The number of hydrogen-bond donors (Lipinski definition) is 1. The Morgan fingerprint density at radius 1 is 1.03 bits per heavy atom. The summed E-state index contributed by atoms with van der Waals surface area (Å²) in [6.45, 7) is 1.45. The Kier molecular flexibility index (Phi) is 8.21. The smallest absolute Gasteiger partial charge is 0.387 e. The lowest BCUT2D eigenvalue weighted by atomic mass is 10.1. The molecule has 2 aromatic rings. The van der Waals surface area contributed by atoms with Crippen LogP contribution < -0.4 is 9.46 Å². The van der Waals surface area contributed by atoms with E-state index in [1.807, 2.05) is 6.92 Å². The van der Waals surface area contributed by atoms with Gasteiger partial charge in [-0.15, -0.1) is 0 Å². The first-order valence-electron chi connectivity index (χ1n) is 10.8. The van der Waals surface area contributed by atoms with Crippen molar-refractivity contribution in [2.75, 3.05) is 32.7 Å². The number of carbonyl (C=O) groups is 2. The molecule has 3 rings (SSSR count). The van der Waals surface area contributed by atoms with Crippen LogP contribution in [0.2, 0.25) is 0 Å². The Balaban J connectivity index is 1.51. The Morgan fingerprint density at radius 2 is 1.68 bits per heavy atom. The topological polar surface area (TPSA) is 96.0 Å². The normalized spacial score (nSPS) is 14.4. The van der Waals surface area contributed by atoms with E-state index >= 15 is 0 Å². The first-order valence-corrected chi connectivity index (χ1v) is 12.2. The number of halogens is 2. The molecule has 11 heteroatoms. The number of alkyl halides is 2. The predicted molar refractivity (Wildman–Crippen MR) is 121 cm³/mol. The van der Waals surface area contributed by atoms with Crippen LogP contribution in [0.4, 0.5) is 8.78 Å². The van der Waals surface area contributed by atoms with Gasteiger partial charge in [-0.25, -0.2) is 13.1 Å². The maximum absolute atomic E-state index is 12.8. The molecular formula is C23H27F2N3O5S. The van der Waals surface area contributed by atoms with E-state index in [0.717, 1.165) is 5.56 Å². The van der Waals surface area contributed by atoms with E-state index in [2.05, 4.69) is 9.46 Å². The van der Waals surface area contributed by atoms with E-state index in [1.54, 1.807) is 30.0 Å². The zero-order chi connectivity index (χ0) is 24.9. The summed E-state index contributed by atoms with van der Waals surface area (Å²) in [5.41, 5.74) is 1.61. The van der Waals surface area contributed by atoms with E-state index in [4.69, 9.17) is 0 Å². The predicted octanol–water partition coefficient (Wildman–Crippen LogP) is 2.56. The standard InChI is InChI=1S/C23H27F2N3O5S/c1-16-7-8-20(17(2)15-16)34(31,32)26-10-9-21(29)27-11-13-28(14-12-27)22(30)18-5-3-4-6-19(18)33-23(24)25/h3-8,15,23,26H,9-14H2,1-2H3. The number of ether oxygens (including phenoxy) is 1. The Morgan fingerprint density at radius 3 is 2.32 bits per heavy atom. The number of carbonyl (C=O) groups excluding carboxylic acids is 2. The molecule has 1 heterocycles. The third-order valence-electron chi connectivity index (χ3n) is 5.50. The highest BCUT2D eigenvalue weighted by atomic mass is 32.2. The molecule has 1 N–H and O–H groups in total. The molecule has 0 unspecified atom stereocenters. The molecule has 0 spiro atoms. The number of rotatable bonds is 8. The number of aryl methyl sites for hydroxylation is 2. The molecule has 0 bridgehead atoms. The van der Waals surface area contributed by atoms with Gasteiger partial charge in [0.15, 0.2) is 0 Å². The fourth-order valence-electron chi connectivity index (χ4n) is 3.80. The van der Waals surface area contributed by atoms with Gasteiger partial charge in [-0.05, 0) is 37.6 Å². The molecule has 34 heavy (non-hydrogen) atoms. The average molecular weight is 496 g/mol. The van der Waals surface area contributed by atoms with Gasteiger partial charge in [-0.3, -0.25) is 9.59 Å². The molecular weight excluding hydrogens is 468 g/mol. The number of piperazine rings is 1. The molecule has 8 nitrogen and oxygen atoms in total. The van der Waals surface area contributed by atoms with Gasteiger partial charge in [-0.1, -0.05) is 29.8 Å². The highest BCUT2D eigenvalue weighted by Gasteiger charge is 2.27. The summed E-state index contributed by atoms with van der Waals surface area (Å²) in [4.78, 5) is 28.5. The Bertz CT molecular complexity index is 1150. The molecule has 184 valence electrons. The van der Waals surface area contributed by atoms with Gasteiger partial charge in [0.05, 0.1) is 10.5 Å². The van der Waals surface area contributed by atoms with Crippen LogP contribution >= 0.6 is 0 Å². The van der Waals surface area contributed by atoms with Crippen molar-refractivity contribution in [3.63, 3.8) is 0 Å². The molecule has 2 aromatic carbocycles. The zero-order valence-electron chi connectivity index (χ0n) is 19.0. The number of amides is 2. The number of benzene rings is 2. The molecule has 0 aromatic heterocycles. The van der Waals surface area contributed by atoms with Gasteiger partial charge in [0.25, 0.3) is 5.91 Å². The van der Waals surface area contributed by atoms with Crippen LogP contribution in [0.3, 0.4) is 0 Å². The number of nitrogens with zero attached hydrogens (tertiary/aromatic N) is 2. The molecule has 0 radical (unpaired) electrons. The molecule has 0 saturated carbocycles. The molecule has 1 fully saturated rings. The fraction of sp³-hybridized carbons (Fsp3) is 0.391. The average Bonchev–Trinajstić information content (AvgIpc) is 2.78. The van der Waals surface area contributed by atoms with E-state index in [-0.39, 0.29) is 61.3 Å². The molecule has 0 aliphatic carbocycles. The van der Waals surface area contributed by atoms with Crippen LogP contribution in [-0.2, 0) is 14.8 Å². The van der Waals surface area contributed by atoms with E-state index < -0.39 is 22.5 Å². The van der Waals surface area contributed by atoms with Gasteiger partial charge in [0.1, 0.15) is 5.75 Å². The van der Waals surface area contributed by atoms with Crippen LogP contribution in [-0.4, -0.2) is 69.4 Å². The van der Waals surface area contributed by atoms with E-state index in [9.17, 15) is 26.8 Å². The van der Waals surface area contributed by atoms with Crippen molar-refractivity contribution in [1.82, 2.24) is 14.5 Å². The lowest BCUT2D eigenvalue weighted by Crippen LogP contribution is -2.51. The summed E-state index contributed by atoms with van der Waals surface area (Å²) >= 11 is 0. The minimum absolute atomic E-state index is 0.0247. The van der Waals surface area contributed by atoms with Gasteiger partial charge >= 0.3 is 6.61 Å². The van der Waals surface area contributed by atoms with Crippen LogP contribution in [0.1, 0.15) is 27.9 Å². The second-order valence-electron chi connectivity index (χ2n) is 7.96. The number of para-hydroxylation sites is 1. The van der Waals surface area contributed by atoms with Gasteiger partial charge in [0, 0.05) is 39.1 Å². The summed E-state index contributed by atoms with van der Waals surface area (Å²) in [6.07, 6.45) is -0.0247. The van der Waals surface area contributed by atoms with E-state index in [1.165, 1.54) is 29.2 Å². The third-order valence-corrected chi connectivity index (χ3v) is 7.13. The number of hydrogen-bond acceptors (Lipinski definition) is 5. The number of nitrogens with one attached hydrogen (secondary N) is 1. The largest absolute Gasteiger partial charge is 0.434 e. The minimum atomic E-state index is -3.74. The van der Waals surface area contributed by atoms with Crippen LogP contribution in [0.25, 0.3) is 0 Å². The first kappa shape index (κ1) is 25.6. The fourth-order valence-corrected chi connectivity index (χ4v) is 5.06. The van der Waals surface area contributed by atoms with Crippen molar-refractivity contribution in [1.29, 1.82) is 0 Å². The summed E-state index contributed by atoms with van der Waals surface area (Å²) < 4.78 is 57.2. The zero-order valence-corrected chi connectivity index (χ0v) is 19.8. The van der Waals surface area contributed by atoms with Crippen molar-refractivity contribution in [2.24, 2.45) is 0 Å². The SMILES string of the molecule is Cc1ccc(S(=O)(=O)NCCC(=O)N2CCN(C(=O)c3ccccc3OC(F)F)CC2)c(C)c1. The van der Waals surface area contributed by atoms with Gasteiger partial charge < -0.3 is 14.5 Å².